The highest BCUT2D eigenvalue weighted by molar-refractivity contribution is 7.09. The molecule has 0 spiro atoms. The lowest BCUT2D eigenvalue weighted by Gasteiger charge is -1.99. The van der Waals surface area contributed by atoms with Crippen LogP contribution in [0.3, 0.4) is 0 Å². The Kier molecular flexibility index (Phi) is 3.53. The number of hydrogen-bond donors (Lipinski definition) is 1. The van der Waals surface area contributed by atoms with Gasteiger partial charge in [0.15, 0.2) is 0 Å². The first-order valence-corrected chi connectivity index (χ1v) is 6.00. The Balaban J connectivity index is 1.95. The van der Waals surface area contributed by atoms with E-state index in [1.807, 2.05) is 11.6 Å². The van der Waals surface area contributed by atoms with Gasteiger partial charge in [-0.05, 0) is 18.2 Å². The fraction of sp³-hybridized carbons (Fsp3) is 0.364. The van der Waals surface area contributed by atoms with Gasteiger partial charge >= 0.3 is 0 Å². The quantitative estimate of drug-likeness (QED) is 0.838. The number of thiazole rings is 1. The summed E-state index contributed by atoms with van der Waals surface area (Å²) in [6, 6.07) is 2.15. The van der Waals surface area contributed by atoms with Gasteiger partial charge in [-0.3, -0.25) is 0 Å². The van der Waals surface area contributed by atoms with Crippen LogP contribution in [0.1, 0.15) is 17.5 Å². The minimum absolute atomic E-state index is 0.879. The van der Waals surface area contributed by atoms with Crippen LogP contribution in [-0.4, -0.2) is 16.1 Å². The van der Waals surface area contributed by atoms with Crippen LogP contribution >= 0.6 is 11.3 Å². The summed E-state index contributed by atoms with van der Waals surface area (Å²) in [5.74, 6) is 0. The molecule has 0 saturated carbocycles. The van der Waals surface area contributed by atoms with Crippen LogP contribution in [0.5, 0.6) is 0 Å². The molecule has 0 aromatic carbocycles. The first-order chi connectivity index (χ1) is 7.38. The lowest BCUT2D eigenvalue weighted by Crippen LogP contribution is -2.11. The van der Waals surface area contributed by atoms with Gasteiger partial charge in [-0.15, -0.1) is 11.3 Å². The van der Waals surface area contributed by atoms with Crippen LogP contribution in [-0.2, 0) is 13.1 Å². The molecule has 2 heterocycles. The van der Waals surface area contributed by atoms with Gasteiger partial charge in [-0.1, -0.05) is 6.92 Å². The molecule has 0 amide bonds. The summed E-state index contributed by atoms with van der Waals surface area (Å²) in [5.41, 5.74) is 1.33. The highest BCUT2D eigenvalue weighted by Gasteiger charge is 1.99. The summed E-state index contributed by atoms with van der Waals surface area (Å²) in [7, 11) is 0. The van der Waals surface area contributed by atoms with Crippen LogP contribution in [0.2, 0.25) is 0 Å². The summed E-state index contributed by atoms with van der Waals surface area (Å²) in [4.78, 5) is 4.26. The van der Waals surface area contributed by atoms with Gasteiger partial charge in [-0.2, -0.15) is 0 Å². The average Bonchev–Trinajstić information content (AvgIpc) is 2.87. The van der Waals surface area contributed by atoms with Gasteiger partial charge < -0.3 is 9.88 Å². The molecule has 3 nitrogen and oxygen atoms in total. The molecule has 0 aliphatic rings. The van der Waals surface area contributed by atoms with Crippen molar-refractivity contribution in [1.82, 2.24) is 14.9 Å². The third-order valence-corrected chi connectivity index (χ3v) is 2.96. The van der Waals surface area contributed by atoms with Gasteiger partial charge in [0.2, 0.25) is 0 Å². The minimum Gasteiger partial charge on any atom is -0.347 e. The molecule has 0 radical (unpaired) electrons. The summed E-state index contributed by atoms with van der Waals surface area (Å²) in [6.45, 7) is 4.95. The summed E-state index contributed by atoms with van der Waals surface area (Å²) >= 11 is 1.70. The van der Waals surface area contributed by atoms with Crippen molar-refractivity contribution in [3.63, 3.8) is 0 Å². The van der Waals surface area contributed by atoms with E-state index in [0.29, 0.717) is 0 Å². The maximum Gasteiger partial charge on any atom is 0.112 e. The highest BCUT2D eigenvalue weighted by Crippen LogP contribution is 2.08. The number of nitrogens with zero attached hydrogens (tertiary/aromatic N) is 2. The van der Waals surface area contributed by atoms with Crippen molar-refractivity contribution in [2.45, 2.75) is 20.0 Å². The molecule has 0 unspecified atom stereocenters. The molecule has 4 heteroatoms. The molecule has 2 rings (SSSR count). The van der Waals surface area contributed by atoms with Crippen molar-refractivity contribution in [3.05, 3.63) is 40.6 Å². The summed E-state index contributed by atoms with van der Waals surface area (Å²) < 4.78 is 2.17. The second-order valence-electron chi connectivity index (χ2n) is 3.40. The van der Waals surface area contributed by atoms with E-state index in [1.165, 1.54) is 5.56 Å². The van der Waals surface area contributed by atoms with E-state index >= 15 is 0 Å². The SMILES string of the molecule is CCNCc1ccn(Cc2nccs2)c1. The number of hydrogen-bond acceptors (Lipinski definition) is 3. The Bertz CT molecular complexity index is 392. The van der Waals surface area contributed by atoms with Crippen molar-refractivity contribution in [2.24, 2.45) is 0 Å². The van der Waals surface area contributed by atoms with Gasteiger partial charge in [-0.25, -0.2) is 4.98 Å². The third kappa shape index (κ3) is 2.91. The minimum atomic E-state index is 0.879. The van der Waals surface area contributed by atoms with E-state index < -0.39 is 0 Å². The molecular weight excluding hydrogens is 206 g/mol. The van der Waals surface area contributed by atoms with Crippen LogP contribution in [0.15, 0.2) is 30.0 Å². The van der Waals surface area contributed by atoms with Crippen molar-refractivity contribution in [3.8, 4) is 0 Å². The standard InChI is InChI=1S/C11H15N3S/c1-2-12-7-10-3-5-14(8-10)9-11-13-4-6-15-11/h3-6,8,12H,2,7,9H2,1H3. The lowest BCUT2D eigenvalue weighted by molar-refractivity contribution is 0.721. The van der Waals surface area contributed by atoms with Crippen molar-refractivity contribution in [1.29, 1.82) is 0 Å². The predicted molar refractivity (Wildman–Crippen MR) is 63.0 cm³/mol. The molecule has 1 N–H and O–H groups in total. The van der Waals surface area contributed by atoms with Gasteiger partial charge in [0.05, 0.1) is 6.54 Å². The number of nitrogens with one attached hydrogen (secondary N) is 1. The zero-order chi connectivity index (χ0) is 10.5. The molecule has 2 aromatic rings. The molecule has 0 bridgehead atoms. The topological polar surface area (TPSA) is 29.9 Å². The zero-order valence-corrected chi connectivity index (χ0v) is 9.63. The Hall–Kier alpha value is -1.13. The second kappa shape index (κ2) is 5.09. The maximum absolute atomic E-state index is 4.26. The van der Waals surface area contributed by atoms with E-state index in [0.717, 1.165) is 24.6 Å². The molecule has 0 aliphatic heterocycles. The normalized spacial score (nSPS) is 10.7. The fourth-order valence-electron chi connectivity index (χ4n) is 1.45. The van der Waals surface area contributed by atoms with E-state index in [4.69, 9.17) is 0 Å². The second-order valence-corrected chi connectivity index (χ2v) is 4.38. The van der Waals surface area contributed by atoms with Crippen LogP contribution in [0.4, 0.5) is 0 Å². The molecule has 80 valence electrons. The van der Waals surface area contributed by atoms with E-state index in [1.54, 1.807) is 11.3 Å². The van der Waals surface area contributed by atoms with Gasteiger partial charge in [0.25, 0.3) is 0 Å². The Morgan fingerprint density at radius 2 is 2.47 bits per heavy atom. The zero-order valence-electron chi connectivity index (χ0n) is 8.81. The van der Waals surface area contributed by atoms with Crippen molar-refractivity contribution >= 4 is 11.3 Å². The molecule has 0 fully saturated rings. The smallest absolute Gasteiger partial charge is 0.112 e. The van der Waals surface area contributed by atoms with Crippen LogP contribution in [0.25, 0.3) is 0 Å². The molecule has 0 saturated heterocycles. The number of aromatic nitrogens is 2. The molecule has 15 heavy (non-hydrogen) atoms. The third-order valence-electron chi connectivity index (χ3n) is 2.19. The summed E-state index contributed by atoms with van der Waals surface area (Å²) in [6.07, 6.45) is 6.13. The van der Waals surface area contributed by atoms with Crippen LogP contribution < -0.4 is 5.32 Å². The van der Waals surface area contributed by atoms with Gasteiger partial charge in [0, 0.05) is 30.5 Å². The van der Waals surface area contributed by atoms with E-state index in [-0.39, 0.29) is 0 Å². The molecule has 0 atom stereocenters. The molecule has 0 aliphatic carbocycles. The Morgan fingerprint density at radius 3 is 3.20 bits per heavy atom. The largest absolute Gasteiger partial charge is 0.347 e. The lowest BCUT2D eigenvalue weighted by atomic mass is 10.3. The first kappa shape index (κ1) is 10.4. The highest BCUT2D eigenvalue weighted by atomic mass is 32.1. The van der Waals surface area contributed by atoms with Crippen molar-refractivity contribution < 1.29 is 0 Å². The number of rotatable bonds is 5. The van der Waals surface area contributed by atoms with E-state index in [9.17, 15) is 0 Å². The van der Waals surface area contributed by atoms with Crippen LogP contribution in [0, 0.1) is 0 Å². The molecular formula is C11H15N3S. The molecule has 2 aromatic heterocycles. The summed E-state index contributed by atoms with van der Waals surface area (Å²) in [5, 5.41) is 6.48. The maximum atomic E-state index is 4.26. The Labute approximate surface area is 93.8 Å². The van der Waals surface area contributed by atoms with Crippen molar-refractivity contribution in [2.75, 3.05) is 6.54 Å². The van der Waals surface area contributed by atoms with E-state index in [2.05, 4.69) is 40.3 Å². The first-order valence-electron chi connectivity index (χ1n) is 5.12. The monoisotopic (exact) mass is 221 g/mol. The van der Waals surface area contributed by atoms with Gasteiger partial charge in [0.1, 0.15) is 5.01 Å². The predicted octanol–water partition coefficient (Wildman–Crippen LogP) is 2.10. The fourth-order valence-corrected chi connectivity index (χ4v) is 2.07. The Morgan fingerprint density at radius 1 is 1.53 bits per heavy atom. The average molecular weight is 221 g/mol.